The minimum absolute atomic E-state index is 0.364. The molecule has 0 N–H and O–H groups in total. The van der Waals surface area contributed by atoms with Gasteiger partial charge in [-0.3, -0.25) is 0 Å². The third-order valence-electron chi connectivity index (χ3n) is 2.63. The Morgan fingerprint density at radius 3 is 2.33 bits per heavy atom. The van der Waals surface area contributed by atoms with Crippen LogP contribution in [0.1, 0.15) is 17.5 Å². The number of benzene rings is 1. The molecule has 0 saturated carbocycles. The molecule has 0 bridgehead atoms. The number of nitrogens with zero attached hydrogens (tertiary/aromatic N) is 1. The summed E-state index contributed by atoms with van der Waals surface area (Å²) in [5, 5.41) is 0.990. The maximum Gasteiger partial charge on any atom is 0.235 e. The van der Waals surface area contributed by atoms with Crippen molar-refractivity contribution in [2.45, 2.75) is 19.9 Å². The molecule has 0 radical (unpaired) electrons. The fourth-order valence-electron chi connectivity index (χ4n) is 1.53. The normalized spacial score (nSPS) is 11.4. The fraction of sp³-hybridized carbons (Fsp3) is 0.286. The molecule has 0 aliphatic carbocycles. The summed E-state index contributed by atoms with van der Waals surface area (Å²) in [5.41, 5.74) is 2.12. The molecule has 0 unspecified atom stereocenters. The Kier molecular flexibility index (Phi) is 5.31. The third kappa shape index (κ3) is 4.13. The second kappa shape index (κ2) is 6.52. The van der Waals surface area contributed by atoms with Crippen molar-refractivity contribution >= 4 is 10.0 Å². The molecule has 3 nitrogen and oxygen atoms in total. The topological polar surface area (TPSA) is 37.4 Å². The first-order valence-corrected chi connectivity index (χ1v) is 7.29. The lowest BCUT2D eigenvalue weighted by molar-refractivity contribution is 0.418. The van der Waals surface area contributed by atoms with E-state index in [0.29, 0.717) is 19.5 Å². The van der Waals surface area contributed by atoms with Crippen molar-refractivity contribution in [3.63, 3.8) is 0 Å². The van der Waals surface area contributed by atoms with Gasteiger partial charge in [0.05, 0.1) is 0 Å². The summed E-state index contributed by atoms with van der Waals surface area (Å²) < 4.78 is 25.1. The van der Waals surface area contributed by atoms with Crippen molar-refractivity contribution < 1.29 is 8.42 Å². The highest BCUT2D eigenvalue weighted by Crippen LogP contribution is 2.12. The van der Waals surface area contributed by atoms with E-state index in [1.54, 1.807) is 6.08 Å². The van der Waals surface area contributed by atoms with Gasteiger partial charge in [0.2, 0.25) is 10.0 Å². The Bertz CT molecular complexity index is 503. The molecule has 4 heteroatoms. The first-order chi connectivity index (χ1) is 8.49. The average molecular weight is 265 g/mol. The lowest BCUT2D eigenvalue weighted by Crippen LogP contribution is -2.29. The van der Waals surface area contributed by atoms with Gasteiger partial charge in [-0.2, -0.15) is 4.31 Å². The van der Waals surface area contributed by atoms with E-state index in [1.165, 1.54) is 4.31 Å². The fourth-order valence-corrected chi connectivity index (χ4v) is 2.43. The SMILES string of the molecule is C=CCCN(Cc1ccc(C)cc1)S(=O)(=O)C=C. The molecule has 98 valence electrons. The van der Waals surface area contributed by atoms with Crippen LogP contribution in [-0.4, -0.2) is 19.3 Å². The van der Waals surface area contributed by atoms with Crippen molar-refractivity contribution in [2.24, 2.45) is 0 Å². The molecular weight excluding hydrogens is 246 g/mol. The quantitative estimate of drug-likeness (QED) is 0.711. The van der Waals surface area contributed by atoms with Gasteiger partial charge in [0.1, 0.15) is 0 Å². The largest absolute Gasteiger partial charge is 0.235 e. The summed E-state index contributed by atoms with van der Waals surface area (Å²) in [6, 6.07) is 7.83. The molecule has 0 amide bonds. The second-order valence-corrected chi connectivity index (χ2v) is 5.99. The maximum absolute atomic E-state index is 11.9. The Balaban J connectivity index is 2.87. The van der Waals surface area contributed by atoms with Crippen LogP contribution >= 0.6 is 0 Å². The predicted molar refractivity (Wildman–Crippen MR) is 75.5 cm³/mol. The van der Waals surface area contributed by atoms with Crippen LogP contribution in [0.15, 0.2) is 48.9 Å². The summed E-state index contributed by atoms with van der Waals surface area (Å²) >= 11 is 0. The highest BCUT2D eigenvalue weighted by atomic mass is 32.2. The van der Waals surface area contributed by atoms with E-state index in [4.69, 9.17) is 0 Å². The van der Waals surface area contributed by atoms with E-state index < -0.39 is 10.0 Å². The predicted octanol–water partition coefficient (Wildman–Crippen LogP) is 2.85. The van der Waals surface area contributed by atoms with E-state index >= 15 is 0 Å². The first kappa shape index (κ1) is 14.7. The van der Waals surface area contributed by atoms with Gasteiger partial charge < -0.3 is 0 Å². The average Bonchev–Trinajstić information content (AvgIpc) is 2.36. The van der Waals surface area contributed by atoms with E-state index in [2.05, 4.69) is 13.2 Å². The first-order valence-electron chi connectivity index (χ1n) is 5.78. The maximum atomic E-state index is 11.9. The minimum Gasteiger partial charge on any atom is -0.208 e. The van der Waals surface area contributed by atoms with Gasteiger partial charge in [0.25, 0.3) is 0 Å². The Morgan fingerprint density at radius 2 is 1.83 bits per heavy atom. The van der Waals surface area contributed by atoms with Crippen LogP contribution in [0.4, 0.5) is 0 Å². The van der Waals surface area contributed by atoms with Crippen molar-refractivity contribution in [2.75, 3.05) is 6.54 Å². The zero-order chi connectivity index (χ0) is 13.6. The monoisotopic (exact) mass is 265 g/mol. The van der Waals surface area contributed by atoms with Crippen molar-refractivity contribution in [1.29, 1.82) is 0 Å². The second-order valence-electron chi connectivity index (χ2n) is 4.11. The molecule has 1 aromatic carbocycles. The van der Waals surface area contributed by atoms with E-state index in [0.717, 1.165) is 16.5 Å². The van der Waals surface area contributed by atoms with Gasteiger partial charge in [-0.25, -0.2) is 8.42 Å². The molecule has 1 rings (SSSR count). The van der Waals surface area contributed by atoms with Crippen LogP contribution in [0, 0.1) is 6.92 Å². The molecule has 0 fully saturated rings. The van der Waals surface area contributed by atoms with Gasteiger partial charge in [-0.15, -0.1) is 6.58 Å². The molecule has 0 aliphatic heterocycles. The zero-order valence-corrected chi connectivity index (χ0v) is 11.5. The summed E-state index contributed by atoms with van der Waals surface area (Å²) in [7, 11) is -3.39. The molecule has 0 spiro atoms. The van der Waals surface area contributed by atoms with Gasteiger partial charge in [0.15, 0.2) is 0 Å². The lowest BCUT2D eigenvalue weighted by atomic mass is 10.1. The Morgan fingerprint density at radius 1 is 1.22 bits per heavy atom. The summed E-state index contributed by atoms with van der Waals surface area (Å²) in [6.45, 7) is 9.76. The van der Waals surface area contributed by atoms with Crippen LogP contribution in [0.2, 0.25) is 0 Å². The number of rotatable bonds is 7. The molecule has 18 heavy (non-hydrogen) atoms. The van der Waals surface area contributed by atoms with Crippen LogP contribution in [0.25, 0.3) is 0 Å². The number of hydrogen-bond donors (Lipinski definition) is 0. The van der Waals surface area contributed by atoms with Crippen LogP contribution in [0.5, 0.6) is 0 Å². The van der Waals surface area contributed by atoms with Gasteiger partial charge >= 0.3 is 0 Å². The van der Waals surface area contributed by atoms with Crippen LogP contribution in [-0.2, 0) is 16.6 Å². The molecule has 1 aromatic rings. The molecule has 0 atom stereocenters. The smallest absolute Gasteiger partial charge is 0.208 e. The highest BCUT2D eigenvalue weighted by molar-refractivity contribution is 7.91. The number of hydrogen-bond acceptors (Lipinski definition) is 2. The molecule has 0 aliphatic rings. The van der Waals surface area contributed by atoms with Gasteiger partial charge in [-0.05, 0) is 18.9 Å². The van der Waals surface area contributed by atoms with E-state index in [-0.39, 0.29) is 0 Å². The molecular formula is C14H19NO2S. The Labute approximate surface area is 109 Å². The van der Waals surface area contributed by atoms with Crippen LogP contribution in [0.3, 0.4) is 0 Å². The van der Waals surface area contributed by atoms with Crippen molar-refractivity contribution in [1.82, 2.24) is 4.31 Å². The summed E-state index contributed by atoms with van der Waals surface area (Å²) in [5.74, 6) is 0. The lowest BCUT2D eigenvalue weighted by Gasteiger charge is -2.19. The highest BCUT2D eigenvalue weighted by Gasteiger charge is 2.17. The van der Waals surface area contributed by atoms with E-state index in [9.17, 15) is 8.42 Å². The number of aryl methyl sites for hydroxylation is 1. The Hall–Kier alpha value is -1.39. The molecule has 0 saturated heterocycles. The third-order valence-corrected chi connectivity index (χ3v) is 4.09. The molecule has 0 heterocycles. The van der Waals surface area contributed by atoms with Gasteiger partial charge in [0, 0.05) is 18.5 Å². The summed E-state index contributed by atoms with van der Waals surface area (Å²) in [4.78, 5) is 0. The van der Waals surface area contributed by atoms with Crippen LogP contribution < -0.4 is 0 Å². The zero-order valence-electron chi connectivity index (χ0n) is 10.7. The minimum atomic E-state index is -3.39. The van der Waals surface area contributed by atoms with Crippen molar-refractivity contribution in [3.8, 4) is 0 Å². The standard InChI is InChI=1S/C14H19NO2S/c1-4-6-11-15(18(16,17)5-2)12-14-9-7-13(3)8-10-14/h4-5,7-10H,1-2,6,11-12H2,3H3. The van der Waals surface area contributed by atoms with Gasteiger partial charge in [-0.1, -0.05) is 42.5 Å². The summed E-state index contributed by atoms with van der Waals surface area (Å²) in [6.07, 6.45) is 2.33. The van der Waals surface area contributed by atoms with Crippen molar-refractivity contribution in [3.05, 3.63) is 60.0 Å². The number of sulfonamides is 1. The molecule has 0 aromatic heterocycles. The van der Waals surface area contributed by atoms with E-state index in [1.807, 2.05) is 31.2 Å².